The molecule has 0 fully saturated rings. The highest BCUT2D eigenvalue weighted by molar-refractivity contribution is 5.90. The lowest BCUT2D eigenvalue weighted by Gasteiger charge is -2.14. The van der Waals surface area contributed by atoms with Gasteiger partial charge in [0, 0.05) is 35.9 Å². The first-order valence-electron chi connectivity index (χ1n) is 12.0. The van der Waals surface area contributed by atoms with Crippen LogP contribution in [0.3, 0.4) is 0 Å². The number of benzene rings is 3. The molecule has 0 saturated heterocycles. The standard InChI is InChI=1S/C32H24N4/c1-21-3-4-22(2)30-29(21)35-31(27-9-5-23(6-10-27)25-13-17-33-18-14-25)32(36-30)28-11-7-24(8-12-28)26-15-19-34-20-16-26/h3-20H,1-2H3. The molecule has 0 aliphatic rings. The normalized spacial score (nSPS) is 11.1. The lowest BCUT2D eigenvalue weighted by molar-refractivity contribution is 1.25. The highest BCUT2D eigenvalue weighted by Gasteiger charge is 2.16. The summed E-state index contributed by atoms with van der Waals surface area (Å²) in [6.07, 6.45) is 7.27. The molecule has 3 heterocycles. The van der Waals surface area contributed by atoms with E-state index in [0.717, 1.165) is 66.9 Å². The molecule has 4 heteroatoms. The molecule has 0 unspecified atom stereocenters. The average Bonchev–Trinajstić information content (AvgIpc) is 2.96. The fourth-order valence-electron chi connectivity index (χ4n) is 4.53. The molecule has 3 aromatic heterocycles. The molecule has 0 saturated carbocycles. The molecule has 0 aliphatic carbocycles. The van der Waals surface area contributed by atoms with Gasteiger partial charge in [-0.2, -0.15) is 0 Å². The predicted molar refractivity (Wildman–Crippen MR) is 146 cm³/mol. The molecular formula is C32H24N4. The van der Waals surface area contributed by atoms with Gasteiger partial charge in [-0.05, 0) is 71.5 Å². The second-order valence-electron chi connectivity index (χ2n) is 8.94. The molecule has 0 radical (unpaired) electrons. The maximum absolute atomic E-state index is 5.18. The summed E-state index contributed by atoms with van der Waals surface area (Å²) in [6, 6.07) is 29.4. The SMILES string of the molecule is Cc1ccc(C)c2nc(-c3ccc(-c4ccncc4)cc3)c(-c3ccc(-c4ccncc4)cc3)nc12. The fourth-order valence-corrected chi connectivity index (χ4v) is 4.53. The third-order valence-electron chi connectivity index (χ3n) is 6.57. The van der Waals surface area contributed by atoms with Crippen LogP contribution in [0.2, 0.25) is 0 Å². The van der Waals surface area contributed by atoms with E-state index >= 15 is 0 Å². The zero-order valence-electron chi connectivity index (χ0n) is 20.2. The van der Waals surface area contributed by atoms with Gasteiger partial charge in [0.25, 0.3) is 0 Å². The van der Waals surface area contributed by atoms with E-state index in [0.29, 0.717) is 0 Å². The summed E-state index contributed by atoms with van der Waals surface area (Å²) in [5.41, 5.74) is 12.5. The zero-order valence-corrected chi connectivity index (χ0v) is 20.2. The van der Waals surface area contributed by atoms with Gasteiger partial charge in [-0.1, -0.05) is 60.7 Å². The van der Waals surface area contributed by atoms with Crippen molar-refractivity contribution < 1.29 is 0 Å². The molecule has 0 amide bonds. The Hall–Kier alpha value is -4.70. The monoisotopic (exact) mass is 464 g/mol. The van der Waals surface area contributed by atoms with Crippen molar-refractivity contribution >= 4 is 11.0 Å². The Morgan fingerprint density at radius 3 is 1.03 bits per heavy atom. The molecule has 0 aliphatic heterocycles. The molecule has 0 N–H and O–H groups in total. The van der Waals surface area contributed by atoms with Crippen molar-refractivity contribution in [2.75, 3.05) is 0 Å². The van der Waals surface area contributed by atoms with E-state index in [1.54, 1.807) is 0 Å². The molecule has 6 rings (SSSR count). The van der Waals surface area contributed by atoms with Crippen molar-refractivity contribution in [3.8, 4) is 44.8 Å². The maximum atomic E-state index is 5.18. The van der Waals surface area contributed by atoms with Crippen LogP contribution in [0.25, 0.3) is 55.8 Å². The number of aromatic nitrogens is 4. The first-order valence-corrected chi connectivity index (χ1v) is 12.0. The third-order valence-corrected chi connectivity index (χ3v) is 6.57. The fraction of sp³-hybridized carbons (Fsp3) is 0.0625. The number of fused-ring (bicyclic) bond motifs is 1. The average molecular weight is 465 g/mol. The van der Waals surface area contributed by atoms with Gasteiger partial charge in [0.2, 0.25) is 0 Å². The number of aryl methyl sites for hydroxylation is 2. The minimum Gasteiger partial charge on any atom is -0.265 e. The summed E-state index contributed by atoms with van der Waals surface area (Å²) in [6.45, 7) is 4.19. The van der Waals surface area contributed by atoms with E-state index in [9.17, 15) is 0 Å². The second kappa shape index (κ2) is 9.16. The number of hydrogen-bond acceptors (Lipinski definition) is 4. The predicted octanol–water partition coefficient (Wildman–Crippen LogP) is 7.70. The number of nitrogens with zero attached hydrogens (tertiary/aromatic N) is 4. The molecule has 0 atom stereocenters. The molecule has 0 bridgehead atoms. The zero-order chi connectivity index (χ0) is 24.5. The van der Waals surface area contributed by atoms with E-state index in [2.05, 4.69) is 84.5 Å². The van der Waals surface area contributed by atoms with Crippen molar-refractivity contribution in [1.29, 1.82) is 0 Å². The van der Waals surface area contributed by atoms with Crippen molar-refractivity contribution in [3.05, 3.63) is 121 Å². The van der Waals surface area contributed by atoms with E-state index in [1.165, 1.54) is 0 Å². The summed E-state index contributed by atoms with van der Waals surface area (Å²) in [7, 11) is 0. The van der Waals surface area contributed by atoms with Gasteiger partial charge in [0.05, 0.1) is 22.4 Å². The van der Waals surface area contributed by atoms with Crippen LogP contribution in [0.5, 0.6) is 0 Å². The Morgan fingerprint density at radius 1 is 0.361 bits per heavy atom. The summed E-state index contributed by atoms with van der Waals surface area (Å²) >= 11 is 0. The highest BCUT2D eigenvalue weighted by Crippen LogP contribution is 2.34. The van der Waals surface area contributed by atoms with Crippen LogP contribution in [0, 0.1) is 13.8 Å². The molecule has 172 valence electrons. The van der Waals surface area contributed by atoms with Crippen LogP contribution in [0.15, 0.2) is 110 Å². The minimum atomic E-state index is 0.883. The summed E-state index contributed by atoms with van der Waals surface area (Å²) in [5, 5.41) is 0. The Kier molecular flexibility index (Phi) is 5.55. The smallest absolute Gasteiger partial charge is 0.0973 e. The van der Waals surface area contributed by atoms with Crippen LogP contribution < -0.4 is 0 Å². The van der Waals surface area contributed by atoms with Crippen molar-refractivity contribution in [3.63, 3.8) is 0 Å². The summed E-state index contributed by atoms with van der Waals surface area (Å²) in [5.74, 6) is 0. The molecular weight excluding hydrogens is 440 g/mol. The van der Waals surface area contributed by atoms with E-state index in [1.807, 2.05) is 49.1 Å². The topological polar surface area (TPSA) is 51.6 Å². The Balaban J connectivity index is 1.50. The van der Waals surface area contributed by atoms with Gasteiger partial charge in [-0.25, -0.2) is 9.97 Å². The van der Waals surface area contributed by atoms with Crippen LogP contribution in [-0.2, 0) is 0 Å². The quantitative estimate of drug-likeness (QED) is 0.268. The summed E-state index contributed by atoms with van der Waals surface area (Å²) < 4.78 is 0. The highest BCUT2D eigenvalue weighted by atomic mass is 14.8. The second-order valence-corrected chi connectivity index (χ2v) is 8.94. The lowest BCUT2D eigenvalue weighted by atomic mass is 9.98. The van der Waals surface area contributed by atoms with Crippen molar-refractivity contribution in [2.45, 2.75) is 13.8 Å². The number of rotatable bonds is 4. The number of hydrogen-bond donors (Lipinski definition) is 0. The number of pyridine rings is 2. The van der Waals surface area contributed by atoms with Gasteiger partial charge in [0.15, 0.2) is 0 Å². The van der Waals surface area contributed by atoms with Crippen molar-refractivity contribution in [2.24, 2.45) is 0 Å². The van der Waals surface area contributed by atoms with Gasteiger partial charge >= 0.3 is 0 Å². The molecule has 0 spiro atoms. The van der Waals surface area contributed by atoms with Crippen LogP contribution in [0.1, 0.15) is 11.1 Å². The van der Waals surface area contributed by atoms with E-state index in [-0.39, 0.29) is 0 Å². The summed E-state index contributed by atoms with van der Waals surface area (Å²) in [4.78, 5) is 18.6. The van der Waals surface area contributed by atoms with Gasteiger partial charge < -0.3 is 0 Å². The van der Waals surface area contributed by atoms with E-state index < -0.39 is 0 Å². The largest absolute Gasteiger partial charge is 0.265 e. The molecule has 4 nitrogen and oxygen atoms in total. The Morgan fingerprint density at radius 2 is 0.667 bits per heavy atom. The van der Waals surface area contributed by atoms with Gasteiger partial charge in [0.1, 0.15) is 0 Å². The lowest BCUT2D eigenvalue weighted by Crippen LogP contribution is -1.98. The first-order chi connectivity index (χ1) is 17.7. The van der Waals surface area contributed by atoms with Crippen molar-refractivity contribution in [1.82, 2.24) is 19.9 Å². The third kappa shape index (κ3) is 4.03. The van der Waals surface area contributed by atoms with Gasteiger partial charge in [-0.15, -0.1) is 0 Å². The van der Waals surface area contributed by atoms with Crippen LogP contribution in [0.4, 0.5) is 0 Å². The Labute approximate surface area is 210 Å². The molecule has 3 aromatic carbocycles. The molecule has 6 aromatic rings. The van der Waals surface area contributed by atoms with E-state index in [4.69, 9.17) is 9.97 Å². The Bertz CT molecular complexity index is 1530. The minimum absolute atomic E-state index is 0.883. The molecule has 36 heavy (non-hydrogen) atoms. The first kappa shape index (κ1) is 21.8. The van der Waals surface area contributed by atoms with Crippen LogP contribution >= 0.6 is 0 Å². The maximum Gasteiger partial charge on any atom is 0.0973 e. The van der Waals surface area contributed by atoms with Crippen LogP contribution in [-0.4, -0.2) is 19.9 Å². The van der Waals surface area contributed by atoms with Gasteiger partial charge in [-0.3, -0.25) is 9.97 Å².